The van der Waals surface area contributed by atoms with Gasteiger partial charge in [-0.05, 0) is 48.7 Å². The van der Waals surface area contributed by atoms with Crippen LogP contribution in [-0.4, -0.2) is 41.7 Å². The molecule has 0 aliphatic carbocycles. The van der Waals surface area contributed by atoms with Crippen molar-refractivity contribution in [2.45, 2.75) is 38.1 Å². The first-order valence-corrected chi connectivity index (χ1v) is 10.5. The van der Waals surface area contributed by atoms with Crippen LogP contribution in [0.1, 0.15) is 48.1 Å². The Morgan fingerprint density at radius 1 is 1.03 bits per heavy atom. The number of amides is 1. The zero-order valence-electron chi connectivity index (χ0n) is 18.1. The summed E-state index contributed by atoms with van der Waals surface area (Å²) in [7, 11) is 3.30. The van der Waals surface area contributed by atoms with Crippen molar-refractivity contribution in [2.75, 3.05) is 20.8 Å². The van der Waals surface area contributed by atoms with E-state index < -0.39 is 0 Å². The Labute approximate surface area is 182 Å². The normalized spacial score (nSPS) is 17.1. The Morgan fingerprint density at radius 3 is 2.32 bits per heavy atom. The molecule has 1 amide bonds. The number of nitrogens with zero attached hydrogens (tertiary/aromatic N) is 3. The minimum absolute atomic E-state index is 0.0233. The summed E-state index contributed by atoms with van der Waals surface area (Å²) >= 11 is 0. The number of hydrogen-bond donors (Lipinski definition) is 0. The van der Waals surface area contributed by atoms with Gasteiger partial charge in [-0.1, -0.05) is 29.4 Å². The molecule has 2 unspecified atom stereocenters. The largest absolute Gasteiger partial charge is 0.497 e. The van der Waals surface area contributed by atoms with E-state index in [4.69, 9.17) is 14.0 Å². The summed E-state index contributed by atoms with van der Waals surface area (Å²) in [5.74, 6) is 2.91. The van der Waals surface area contributed by atoms with E-state index in [2.05, 4.69) is 10.1 Å². The van der Waals surface area contributed by atoms with Gasteiger partial charge in [-0.2, -0.15) is 4.98 Å². The lowest BCUT2D eigenvalue weighted by Crippen LogP contribution is -2.28. The highest BCUT2D eigenvalue weighted by Crippen LogP contribution is 2.33. The molecule has 2 aromatic carbocycles. The van der Waals surface area contributed by atoms with Gasteiger partial charge < -0.3 is 18.9 Å². The van der Waals surface area contributed by atoms with Crippen LogP contribution in [0.3, 0.4) is 0 Å². The zero-order chi connectivity index (χ0) is 21.8. The van der Waals surface area contributed by atoms with E-state index in [1.165, 1.54) is 5.56 Å². The third-order valence-electron chi connectivity index (χ3n) is 5.86. The van der Waals surface area contributed by atoms with Crippen molar-refractivity contribution in [3.05, 3.63) is 71.4 Å². The summed E-state index contributed by atoms with van der Waals surface area (Å²) < 4.78 is 15.9. The summed E-state index contributed by atoms with van der Waals surface area (Å²) in [6, 6.07) is 15.7. The van der Waals surface area contributed by atoms with Gasteiger partial charge >= 0.3 is 0 Å². The molecule has 1 aliphatic heterocycles. The maximum absolute atomic E-state index is 12.7. The second-order valence-electron chi connectivity index (χ2n) is 7.79. The third-order valence-corrected chi connectivity index (χ3v) is 5.86. The fourth-order valence-corrected chi connectivity index (χ4v) is 3.92. The first-order valence-electron chi connectivity index (χ1n) is 10.5. The highest BCUT2D eigenvalue weighted by Gasteiger charge is 2.36. The molecule has 7 heteroatoms. The Balaban J connectivity index is 1.36. The molecule has 0 bridgehead atoms. The molecule has 0 saturated carbocycles. The number of ether oxygens (including phenoxy) is 2. The van der Waals surface area contributed by atoms with Crippen molar-refractivity contribution >= 4 is 5.91 Å². The van der Waals surface area contributed by atoms with Crippen LogP contribution in [0.15, 0.2) is 53.1 Å². The molecule has 2 heterocycles. The lowest BCUT2D eigenvalue weighted by atomic mass is 10.1. The molecular weight excluding hydrogens is 394 g/mol. The molecule has 1 aromatic heterocycles. The van der Waals surface area contributed by atoms with E-state index in [1.807, 2.05) is 60.4 Å². The van der Waals surface area contributed by atoms with E-state index in [1.54, 1.807) is 14.2 Å². The van der Waals surface area contributed by atoms with Crippen molar-refractivity contribution in [3.8, 4) is 11.5 Å². The molecule has 0 spiro atoms. The van der Waals surface area contributed by atoms with Crippen LogP contribution in [0.4, 0.5) is 0 Å². The summed E-state index contributed by atoms with van der Waals surface area (Å²) in [4.78, 5) is 19.1. The summed E-state index contributed by atoms with van der Waals surface area (Å²) in [6.07, 6.45) is 1.86. The van der Waals surface area contributed by atoms with Gasteiger partial charge in [0.05, 0.1) is 20.3 Å². The lowest BCUT2D eigenvalue weighted by molar-refractivity contribution is -0.129. The summed E-state index contributed by atoms with van der Waals surface area (Å²) in [5.41, 5.74) is 2.25. The van der Waals surface area contributed by atoms with Gasteiger partial charge in [-0.3, -0.25) is 4.79 Å². The maximum atomic E-state index is 12.7. The van der Waals surface area contributed by atoms with Gasteiger partial charge in [-0.15, -0.1) is 0 Å². The number of carbonyl (C=O) groups excluding carboxylic acids is 1. The first kappa shape index (κ1) is 20.9. The molecule has 1 fully saturated rings. The smallest absolute Gasteiger partial charge is 0.226 e. The van der Waals surface area contributed by atoms with Crippen LogP contribution >= 0.6 is 0 Å². The topological polar surface area (TPSA) is 77.7 Å². The molecule has 3 aromatic rings. The van der Waals surface area contributed by atoms with Crippen molar-refractivity contribution in [2.24, 2.45) is 0 Å². The van der Waals surface area contributed by atoms with Gasteiger partial charge in [0.25, 0.3) is 0 Å². The minimum Gasteiger partial charge on any atom is -0.497 e. The monoisotopic (exact) mass is 421 g/mol. The van der Waals surface area contributed by atoms with Crippen LogP contribution in [0.25, 0.3) is 0 Å². The lowest BCUT2D eigenvalue weighted by Gasteiger charge is -2.25. The number of likely N-dealkylation sites (tertiary alicyclic amines) is 1. The van der Waals surface area contributed by atoms with E-state index in [9.17, 15) is 4.79 Å². The first-order chi connectivity index (χ1) is 15.1. The number of rotatable bonds is 8. The standard InChI is InChI=1S/C24H27N3O4/c1-16(18-7-11-21(30-3)12-8-18)27-15-19(14-23(27)28)24-25-22(31-26-24)13-6-17-4-9-20(29-2)10-5-17/h4-5,7-12,16,19H,6,13-15H2,1-3H3. The van der Waals surface area contributed by atoms with Gasteiger partial charge in [0.1, 0.15) is 11.5 Å². The van der Waals surface area contributed by atoms with E-state index >= 15 is 0 Å². The molecule has 1 aliphatic rings. The summed E-state index contributed by atoms with van der Waals surface area (Å²) in [5, 5.41) is 4.16. The van der Waals surface area contributed by atoms with Gasteiger partial charge in [-0.25, -0.2) is 0 Å². The average molecular weight is 421 g/mol. The van der Waals surface area contributed by atoms with Crippen LogP contribution in [-0.2, 0) is 17.6 Å². The quantitative estimate of drug-likeness (QED) is 0.548. The molecule has 162 valence electrons. The fourth-order valence-electron chi connectivity index (χ4n) is 3.92. The highest BCUT2D eigenvalue weighted by molar-refractivity contribution is 5.80. The van der Waals surface area contributed by atoms with Crippen LogP contribution < -0.4 is 9.47 Å². The number of carbonyl (C=O) groups is 1. The second kappa shape index (κ2) is 9.20. The van der Waals surface area contributed by atoms with E-state index in [0.29, 0.717) is 31.1 Å². The number of methoxy groups -OCH3 is 2. The predicted molar refractivity (Wildman–Crippen MR) is 115 cm³/mol. The molecular formula is C24H27N3O4. The molecule has 0 N–H and O–H groups in total. The molecule has 0 radical (unpaired) electrons. The second-order valence-corrected chi connectivity index (χ2v) is 7.79. The fraction of sp³-hybridized carbons (Fsp3) is 0.375. The van der Waals surface area contributed by atoms with Gasteiger partial charge in [0.15, 0.2) is 5.82 Å². The molecule has 4 rings (SSSR count). The molecule has 7 nitrogen and oxygen atoms in total. The Morgan fingerprint density at radius 2 is 1.68 bits per heavy atom. The summed E-state index contributed by atoms with van der Waals surface area (Å²) in [6.45, 7) is 2.63. The number of aromatic nitrogens is 2. The Kier molecular flexibility index (Phi) is 6.21. The Bertz CT molecular complexity index is 1010. The highest BCUT2D eigenvalue weighted by atomic mass is 16.5. The van der Waals surface area contributed by atoms with Crippen molar-refractivity contribution < 1.29 is 18.8 Å². The van der Waals surface area contributed by atoms with Crippen molar-refractivity contribution in [1.29, 1.82) is 0 Å². The zero-order valence-corrected chi connectivity index (χ0v) is 18.1. The van der Waals surface area contributed by atoms with Gasteiger partial charge in [0, 0.05) is 25.3 Å². The van der Waals surface area contributed by atoms with E-state index in [0.717, 1.165) is 23.5 Å². The molecule has 1 saturated heterocycles. The molecule has 2 atom stereocenters. The Hall–Kier alpha value is -3.35. The number of benzene rings is 2. The van der Waals surface area contributed by atoms with Gasteiger partial charge in [0.2, 0.25) is 11.8 Å². The van der Waals surface area contributed by atoms with Crippen LogP contribution in [0.5, 0.6) is 11.5 Å². The van der Waals surface area contributed by atoms with Crippen LogP contribution in [0, 0.1) is 0 Å². The average Bonchev–Trinajstić information content (AvgIpc) is 3.44. The number of aryl methyl sites for hydroxylation is 2. The SMILES string of the molecule is COc1ccc(CCc2nc(C3CC(=O)N(C(C)c4ccc(OC)cc4)C3)no2)cc1. The minimum atomic E-state index is -0.0494. The molecule has 31 heavy (non-hydrogen) atoms. The van der Waals surface area contributed by atoms with Crippen LogP contribution in [0.2, 0.25) is 0 Å². The maximum Gasteiger partial charge on any atom is 0.226 e. The van der Waals surface area contributed by atoms with E-state index in [-0.39, 0.29) is 17.9 Å². The van der Waals surface area contributed by atoms with Crippen molar-refractivity contribution in [3.63, 3.8) is 0 Å². The van der Waals surface area contributed by atoms with Crippen molar-refractivity contribution in [1.82, 2.24) is 15.0 Å². The predicted octanol–water partition coefficient (Wildman–Crippen LogP) is 3.95. The number of hydrogen-bond acceptors (Lipinski definition) is 6. The third kappa shape index (κ3) is 4.71.